The van der Waals surface area contributed by atoms with Crippen LogP contribution in [0.25, 0.3) is 10.2 Å². The highest BCUT2D eigenvalue weighted by Gasteiger charge is 2.30. The summed E-state index contributed by atoms with van der Waals surface area (Å²) in [5.74, 6) is -2.07. The molecular formula is C24H23FN4O5S. The number of amides is 3. The van der Waals surface area contributed by atoms with Crippen LogP contribution in [0.15, 0.2) is 36.5 Å². The Kier molecular flexibility index (Phi) is 6.25. The molecule has 1 atom stereocenters. The lowest BCUT2D eigenvalue weighted by Gasteiger charge is -2.30. The van der Waals surface area contributed by atoms with Crippen molar-refractivity contribution in [2.75, 3.05) is 18.4 Å². The summed E-state index contributed by atoms with van der Waals surface area (Å²) in [5, 5.41) is 14.7. The topological polar surface area (TPSA) is 121 Å². The predicted octanol–water partition coefficient (Wildman–Crippen LogP) is 4.45. The first kappa shape index (κ1) is 23.0. The Morgan fingerprint density at radius 2 is 1.97 bits per heavy atom. The number of carbonyl (C=O) groups excluding carboxylic acids is 2. The van der Waals surface area contributed by atoms with Crippen LogP contribution >= 0.6 is 11.3 Å². The van der Waals surface area contributed by atoms with Crippen LogP contribution in [0.4, 0.5) is 14.9 Å². The molecule has 5 rings (SSSR count). The van der Waals surface area contributed by atoms with Gasteiger partial charge in [-0.3, -0.25) is 14.6 Å². The molecule has 2 aliphatic rings. The van der Waals surface area contributed by atoms with E-state index in [9.17, 15) is 23.9 Å². The molecule has 2 aromatic heterocycles. The number of likely N-dealkylation sites (tertiary alicyclic amines) is 1. The van der Waals surface area contributed by atoms with Crippen molar-refractivity contribution in [3.8, 4) is 11.5 Å². The van der Waals surface area contributed by atoms with Crippen molar-refractivity contribution in [3.05, 3.63) is 47.2 Å². The fourth-order valence-corrected chi connectivity index (χ4v) is 5.01. The molecular weight excluding hydrogens is 475 g/mol. The number of nitrogens with zero attached hydrogens (tertiary/aromatic N) is 2. The quantitative estimate of drug-likeness (QED) is 0.462. The van der Waals surface area contributed by atoms with Gasteiger partial charge in [0, 0.05) is 43.1 Å². The summed E-state index contributed by atoms with van der Waals surface area (Å²) in [5.41, 5.74) is 0.830. The number of piperidine rings is 1. The van der Waals surface area contributed by atoms with Crippen molar-refractivity contribution in [2.45, 2.75) is 31.7 Å². The van der Waals surface area contributed by atoms with E-state index in [0.717, 1.165) is 12.8 Å². The van der Waals surface area contributed by atoms with Gasteiger partial charge < -0.3 is 25.4 Å². The number of pyridine rings is 1. The number of rotatable bonds is 6. The number of ether oxygens (including phenoxy) is 1. The van der Waals surface area contributed by atoms with E-state index in [2.05, 4.69) is 15.6 Å². The van der Waals surface area contributed by atoms with E-state index < -0.39 is 17.7 Å². The molecule has 1 aliphatic carbocycles. The largest absolute Gasteiger partial charge is 0.481 e. The molecule has 1 saturated carbocycles. The highest BCUT2D eigenvalue weighted by Crippen LogP contribution is 2.37. The van der Waals surface area contributed by atoms with E-state index in [0.29, 0.717) is 45.9 Å². The Labute approximate surface area is 203 Å². The fraction of sp³-hybridized carbons (Fsp3) is 0.333. The third-order valence-corrected chi connectivity index (χ3v) is 7.09. The second kappa shape index (κ2) is 9.49. The number of hydrogen-bond donors (Lipinski definition) is 3. The summed E-state index contributed by atoms with van der Waals surface area (Å²) in [4.78, 5) is 42.5. The van der Waals surface area contributed by atoms with Crippen LogP contribution in [0.3, 0.4) is 0 Å². The smallest absolute Gasteiger partial charge is 0.319 e. The van der Waals surface area contributed by atoms with Crippen LogP contribution in [0.1, 0.15) is 35.4 Å². The van der Waals surface area contributed by atoms with Crippen LogP contribution in [0.5, 0.6) is 11.5 Å². The summed E-state index contributed by atoms with van der Waals surface area (Å²) in [6, 6.07) is 7.18. The lowest BCUT2D eigenvalue weighted by atomic mass is 9.98. The Balaban J connectivity index is 1.32. The van der Waals surface area contributed by atoms with Crippen LogP contribution in [0, 0.1) is 11.7 Å². The zero-order valence-corrected chi connectivity index (χ0v) is 19.4. The minimum atomic E-state index is -0.900. The number of halogens is 1. The summed E-state index contributed by atoms with van der Waals surface area (Å²) in [6.07, 6.45) is 4.59. The molecule has 1 aliphatic heterocycles. The second-order valence-corrected chi connectivity index (χ2v) is 9.73. The highest BCUT2D eigenvalue weighted by molar-refractivity contribution is 7.21. The van der Waals surface area contributed by atoms with E-state index in [1.54, 1.807) is 23.1 Å². The molecule has 3 amide bonds. The molecule has 2 fully saturated rings. The molecule has 182 valence electrons. The number of nitrogens with one attached hydrogen (secondary N) is 2. The van der Waals surface area contributed by atoms with Gasteiger partial charge in [0.05, 0.1) is 21.0 Å². The molecule has 3 heterocycles. The van der Waals surface area contributed by atoms with E-state index in [-0.39, 0.29) is 30.3 Å². The van der Waals surface area contributed by atoms with Gasteiger partial charge in [0.25, 0.3) is 5.91 Å². The van der Waals surface area contributed by atoms with Crippen molar-refractivity contribution < 1.29 is 28.6 Å². The number of anilines is 1. The Hall–Kier alpha value is -3.73. The van der Waals surface area contributed by atoms with Crippen LogP contribution in [0.2, 0.25) is 0 Å². The van der Waals surface area contributed by atoms with Crippen molar-refractivity contribution in [2.24, 2.45) is 5.92 Å². The van der Waals surface area contributed by atoms with Crippen LogP contribution < -0.4 is 15.4 Å². The number of thiophene rings is 1. The van der Waals surface area contributed by atoms with Gasteiger partial charge in [0.2, 0.25) is 0 Å². The second-order valence-electron chi connectivity index (χ2n) is 8.68. The molecule has 11 heteroatoms. The number of fused-ring (bicyclic) bond motifs is 1. The minimum absolute atomic E-state index is 0.0349. The summed E-state index contributed by atoms with van der Waals surface area (Å²) in [7, 11) is 0. The zero-order chi connectivity index (χ0) is 24.5. The van der Waals surface area contributed by atoms with Crippen molar-refractivity contribution in [1.82, 2.24) is 15.2 Å². The van der Waals surface area contributed by atoms with Gasteiger partial charge in [-0.2, -0.15) is 0 Å². The molecule has 0 spiro atoms. The lowest BCUT2D eigenvalue weighted by molar-refractivity contribution is -0.143. The average molecular weight is 499 g/mol. The van der Waals surface area contributed by atoms with Crippen molar-refractivity contribution in [3.63, 3.8) is 0 Å². The van der Waals surface area contributed by atoms with E-state index >= 15 is 0 Å². The van der Waals surface area contributed by atoms with Gasteiger partial charge in [-0.15, -0.1) is 11.3 Å². The van der Waals surface area contributed by atoms with Gasteiger partial charge in [0.15, 0.2) is 11.6 Å². The number of benzene rings is 1. The minimum Gasteiger partial charge on any atom is -0.481 e. The van der Waals surface area contributed by atoms with Gasteiger partial charge in [0.1, 0.15) is 5.75 Å². The molecule has 3 aromatic rings. The maximum absolute atomic E-state index is 14.7. The number of hydrogen-bond acceptors (Lipinski definition) is 6. The molecule has 35 heavy (non-hydrogen) atoms. The summed E-state index contributed by atoms with van der Waals surface area (Å²) in [6.45, 7) is 0.668. The first-order valence-electron chi connectivity index (χ1n) is 11.3. The lowest BCUT2D eigenvalue weighted by Crippen LogP contribution is -2.42. The molecule has 1 saturated heterocycles. The van der Waals surface area contributed by atoms with Gasteiger partial charge >= 0.3 is 12.0 Å². The van der Waals surface area contributed by atoms with Gasteiger partial charge in [-0.25, -0.2) is 9.18 Å². The van der Waals surface area contributed by atoms with Crippen LogP contribution in [-0.2, 0) is 4.79 Å². The normalized spacial score (nSPS) is 17.7. The summed E-state index contributed by atoms with van der Waals surface area (Å²) >= 11 is 1.17. The fourth-order valence-electron chi connectivity index (χ4n) is 3.98. The number of aromatic nitrogens is 1. The first-order valence-corrected chi connectivity index (χ1v) is 12.1. The molecule has 3 N–H and O–H groups in total. The number of aliphatic carboxylic acids is 1. The third kappa shape index (κ3) is 5.19. The van der Waals surface area contributed by atoms with E-state index in [1.165, 1.54) is 29.7 Å². The number of carboxylic acids is 1. The molecule has 0 bridgehead atoms. The zero-order valence-electron chi connectivity index (χ0n) is 18.6. The van der Waals surface area contributed by atoms with Crippen molar-refractivity contribution in [1.29, 1.82) is 0 Å². The predicted molar refractivity (Wildman–Crippen MR) is 128 cm³/mol. The van der Waals surface area contributed by atoms with E-state index in [4.69, 9.17) is 4.74 Å². The first-order chi connectivity index (χ1) is 16.9. The van der Waals surface area contributed by atoms with Crippen molar-refractivity contribution >= 4 is 45.1 Å². The highest BCUT2D eigenvalue weighted by atomic mass is 32.1. The number of carboxylic acid groups (broad SMARTS) is 1. The maximum atomic E-state index is 14.7. The van der Waals surface area contributed by atoms with Gasteiger partial charge in [-0.05, 0) is 43.9 Å². The number of carbonyl (C=O) groups is 3. The molecule has 1 aromatic carbocycles. The summed E-state index contributed by atoms with van der Waals surface area (Å²) < 4.78 is 21.1. The third-order valence-electron chi connectivity index (χ3n) is 5.97. The molecule has 0 radical (unpaired) electrons. The molecule has 1 unspecified atom stereocenters. The number of urea groups is 1. The Bertz CT molecular complexity index is 1310. The monoisotopic (exact) mass is 498 g/mol. The maximum Gasteiger partial charge on any atom is 0.319 e. The van der Waals surface area contributed by atoms with E-state index in [1.807, 2.05) is 0 Å². The SMILES string of the molecule is O=C(Nc1ccc(Oc2ccnc3cc(C(=O)N4CCCC(C(=O)O)C4)sc23)c(F)c1)NC1CC1. The van der Waals surface area contributed by atoms with Crippen LogP contribution in [-0.4, -0.2) is 52.0 Å². The average Bonchev–Trinajstić information content (AvgIpc) is 3.54. The molecule has 9 nitrogen and oxygen atoms in total. The Morgan fingerprint density at radius 3 is 2.71 bits per heavy atom. The standard InChI is InChI=1S/C24H23FN4O5S/c25-16-10-15(28-24(33)27-14-3-4-14)5-6-18(16)34-19-7-8-26-17-11-20(35-21(17)19)22(30)29-9-1-2-13(12-29)23(31)32/h5-8,10-11,13-14H,1-4,9,12H2,(H,31,32)(H2,27,28,33). The Morgan fingerprint density at radius 1 is 1.14 bits per heavy atom. The van der Waals surface area contributed by atoms with Gasteiger partial charge in [-0.1, -0.05) is 0 Å².